The molecule has 2 aromatic rings. The molecule has 0 aliphatic heterocycles. The number of halogens is 1. The van der Waals surface area contributed by atoms with E-state index in [-0.39, 0.29) is 0 Å². The molecular formula is C14H12INO. The fourth-order valence-corrected chi connectivity index (χ4v) is 1.76. The first kappa shape index (κ1) is 12.1. The third-order valence-electron chi connectivity index (χ3n) is 2.28. The van der Waals surface area contributed by atoms with Gasteiger partial charge in [-0.3, -0.25) is 4.99 Å². The number of hydrogen-bond donors (Lipinski definition) is 0. The van der Waals surface area contributed by atoms with E-state index in [2.05, 4.69) is 27.6 Å². The molecule has 0 aromatic heterocycles. The van der Waals surface area contributed by atoms with Crippen LogP contribution in [0, 0.1) is 3.57 Å². The van der Waals surface area contributed by atoms with Gasteiger partial charge in [-0.05, 0) is 64.6 Å². The van der Waals surface area contributed by atoms with E-state index < -0.39 is 0 Å². The molecule has 2 aromatic carbocycles. The Morgan fingerprint density at radius 1 is 1.12 bits per heavy atom. The molecule has 0 heterocycles. The molecule has 0 aliphatic carbocycles. The van der Waals surface area contributed by atoms with Crippen LogP contribution >= 0.6 is 22.6 Å². The Morgan fingerprint density at radius 3 is 2.59 bits per heavy atom. The molecule has 3 heteroatoms. The highest BCUT2D eigenvalue weighted by Crippen LogP contribution is 2.15. The Hall–Kier alpha value is -1.36. The van der Waals surface area contributed by atoms with Crippen LogP contribution in [0.3, 0.4) is 0 Å². The summed E-state index contributed by atoms with van der Waals surface area (Å²) < 4.78 is 6.37. The lowest BCUT2D eigenvalue weighted by Crippen LogP contribution is -1.85. The molecule has 0 atom stereocenters. The van der Waals surface area contributed by atoms with Crippen LogP contribution in [0.5, 0.6) is 5.75 Å². The van der Waals surface area contributed by atoms with Crippen molar-refractivity contribution in [2.24, 2.45) is 4.99 Å². The predicted molar refractivity (Wildman–Crippen MR) is 79.4 cm³/mol. The minimum absolute atomic E-state index is 0.844. The van der Waals surface area contributed by atoms with Gasteiger partial charge in [-0.1, -0.05) is 12.1 Å². The molecule has 0 saturated carbocycles. The van der Waals surface area contributed by atoms with Gasteiger partial charge in [0.05, 0.1) is 12.8 Å². The normalized spacial score (nSPS) is 10.7. The average Bonchev–Trinajstić information content (AvgIpc) is 2.38. The van der Waals surface area contributed by atoms with Gasteiger partial charge in [0, 0.05) is 9.78 Å². The summed E-state index contributed by atoms with van der Waals surface area (Å²) in [5.74, 6) is 0.844. The fraction of sp³-hybridized carbons (Fsp3) is 0.0714. The lowest BCUT2D eigenvalue weighted by atomic mass is 10.2. The van der Waals surface area contributed by atoms with E-state index in [4.69, 9.17) is 4.74 Å². The van der Waals surface area contributed by atoms with Crippen LogP contribution in [0.25, 0.3) is 0 Å². The van der Waals surface area contributed by atoms with Crippen molar-refractivity contribution in [1.82, 2.24) is 0 Å². The average molecular weight is 337 g/mol. The number of benzene rings is 2. The first-order valence-corrected chi connectivity index (χ1v) is 6.29. The first-order chi connectivity index (χ1) is 8.28. The van der Waals surface area contributed by atoms with Gasteiger partial charge >= 0.3 is 0 Å². The van der Waals surface area contributed by atoms with Crippen LogP contribution in [0.4, 0.5) is 5.69 Å². The molecule has 2 rings (SSSR count). The van der Waals surface area contributed by atoms with E-state index in [0.29, 0.717) is 0 Å². The molecule has 86 valence electrons. The summed E-state index contributed by atoms with van der Waals surface area (Å²) in [6.07, 6.45) is 1.84. The molecule has 0 radical (unpaired) electrons. The lowest BCUT2D eigenvalue weighted by molar-refractivity contribution is 0.415. The molecule has 2 nitrogen and oxygen atoms in total. The zero-order chi connectivity index (χ0) is 12.1. The monoisotopic (exact) mass is 337 g/mol. The molecule has 0 bridgehead atoms. The van der Waals surface area contributed by atoms with Gasteiger partial charge in [0.15, 0.2) is 0 Å². The summed E-state index contributed by atoms with van der Waals surface area (Å²) in [6, 6.07) is 15.9. The second-order valence-corrected chi connectivity index (χ2v) is 4.76. The highest BCUT2D eigenvalue weighted by atomic mass is 127. The SMILES string of the molecule is COc1cccc(C=Nc2ccc(I)cc2)c1. The van der Waals surface area contributed by atoms with Gasteiger partial charge in [-0.2, -0.15) is 0 Å². The Morgan fingerprint density at radius 2 is 1.88 bits per heavy atom. The van der Waals surface area contributed by atoms with E-state index >= 15 is 0 Å². The highest BCUT2D eigenvalue weighted by molar-refractivity contribution is 14.1. The van der Waals surface area contributed by atoms with E-state index in [1.165, 1.54) is 3.57 Å². The standard InChI is InChI=1S/C14H12INO/c1-17-14-4-2-3-11(9-14)10-16-13-7-5-12(15)6-8-13/h2-10H,1H3. The number of methoxy groups -OCH3 is 1. The van der Waals surface area contributed by atoms with Gasteiger partial charge in [0.1, 0.15) is 5.75 Å². The zero-order valence-electron chi connectivity index (χ0n) is 9.43. The van der Waals surface area contributed by atoms with Crippen molar-refractivity contribution in [3.63, 3.8) is 0 Å². The molecule has 0 aliphatic rings. The first-order valence-electron chi connectivity index (χ1n) is 5.21. The number of hydrogen-bond acceptors (Lipinski definition) is 2. The summed E-state index contributed by atoms with van der Waals surface area (Å²) >= 11 is 2.28. The molecule has 0 N–H and O–H groups in total. The van der Waals surface area contributed by atoms with Crippen molar-refractivity contribution >= 4 is 34.5 Å². The second-order valence-electron chi connectivity index (χ2n) is 3.51. The number of rotatable bonds is 3. The Kier molecular flexibility index (Phi) is 4.14. The lowest BCUT2D eigenvalue weighted by Gasteiger charge is -1.99. The summed E-state index contributed by atoms with van der Waals surface area (Å²) in [6.45, 7) is 0. The summed E-state index contributed by atoms with van der Waals surface area (Å²) in [4.78, 5) is 4.41. The van der Waals surface area contributed by atoms with Gasteiger partial charge in [0.2, 0.25) is 0 Å². The molecule has 0 fully saturated rings. The number of nitrogens with zero attached hydrogens (tertiary/aromatic N) is 1. The van der Waals surface area contributed by atoms with Crippen molar-refractivity contribution in [3.8, 4) is 5.75 Å². The maximum atomic E-state index is 5.16. The van der Waals surface area contributed by atoms with Crippen LogP contribution in [0.1, 0.15) is 5.56 Å². The summed E-state index contributed by atoms with van der Waals surface area (Å²) in [7, 11) is 1.66. The van der Waals surface area contributed by atoms with Crippen LogP contribution in [0.15, 0.2) is 53.5 Å². The largest absolute Gasteiger partial charge is 0.497 e. The Labute approximate surface area is 114 Å². The van der Waals surface area contributed by atoms with Gasteiger partial charge in [-0.15, -0.1) is 0 Å². The second kappa shape index (κ2) is 5.82. The third-order valence-corrected chi connectivity index (χ3v) is 3.00. The van der Waals surface area contributed by atoms with Crippen molar-refractivity contribution in [2.45, 2.75) is 0 Å². The predicted octanol–water partition coefficient (Wildman–Crippen LogP) is 4.05. The molecule has 0 unspecified atom stereocenters. The van der Waals surface area contributed by atoms with Crippen LogP contribution in [0.2, 0.25) is 0 Å². The quantitative estimate of drug-likeness (QED) is 0.612. The molecule has 0 saturated heterocycles. The Bertz CT molecular complexity index is 520. The maximum Gasteiger partial charge on any atom is 0.119 e. The third kappa shape index (κ3) is 3.56. The van der Waals surface area contributed by atoms with Gasteiger partial charge in [-0.25, -0.2) is 0 Å². The number of ether oxygens (including phenoxy) is 1. The zero-order valence-corrected chi connectivity index (χ0v) is 11.6. The smallest absolute Gasteiger partial charge is 0.119 e. The minimum atomic E-state index is 0.844. The maximum absolute atomic E-state index is 5.16. The molecule has 17 heavy (non-hydrogen) atoms. The van der Waals surface area contributed by atoms with Crippen molar-refractivity contribution in [1.29, 1.82) is 0 Å². The topological polar surface area (TPSA) is 21.6 Å². The summed E-state index contributed by atoms with van der Waals surface area (Å²) in [5, 5.41) is 0. The van der Waals surface area contributed by atoms with Gasteiger partial charge < -0.3 is 4.74 Å². The van der Waals surface area contributed by atoms with E-state index in [0.717, 1.165) is 17.0 Å². The van der Waals surface area contributed by atoms with Gasteiger partial charge in [0.25, 0.3) is 0 Å². The minimum Gasteiger partial charge on any atom is -0.497 e. The Balaban J connectivity index is 2.16. The van der Waals surface area contributed by atoms with E-state index in [1.807, 2.05) is 54.7 Å². The van der Waals surface area contributed by atoms with E-state index in [9.17, 15) is 0 Å². The van der Waals surface area contributed by atoms with Crippen LogP contribution in [-0.4, -0.2) is 13.3 Å². The van der Waals surface area contributed by atoms with Crippen LogP contribution in [-0.2, 0) is 0 Å². The molecule has 0 spiro atoms. The van der Waals surface area contributed by atoms with Crippen molar-refractivity contribution in [3.05, 3.63) is 57.7 Å². The molecule has 0 amide bonds. The van der Waals surface area contributed by atoms with Crippen molar-refractivity contribution in [2.75, 3.05) is 7.11 Å². The summed E-state index contributed by atoms with van der Waals surface area (Å²) in [5.41, 5.74) is 1.98. The van der Waals surface area contributed by atoms with E-state index in [1.54, 1.807) is 7.11 Å². The van der Waals surface area contributed by atoms with Crippen molar-refractivity contribution < 1.29 is 4.74 Å². The fourth-order valence-electron chi connectivity index (χ4n) is 1.40. The van der Waals surface area contributed by atoms with Crippen LogP contribution < -0.4 is 4.74 Å². The number of aliphatic imine (C=N–C) groups is 1. The molecular weight excluding hydrogens is 325 g/mol. The highest BCUT2D eigenvalue weighted by Gasteiger charge is 1.93.